The fourth-order valence-electron chi connectivity index (χ4n) is 3.34. The minimum atomic E-state index is -0.231. The Hall–Kier alpha value is -2.99. The number of amides is 1. The number of fused-ring (bicyclic) bond motifs is 1. The molecule has 28 heavy (non-hydrogen) atoms. The Labute approximate surface area is 163 Å². The number of aryl methyl sites for hydroxylation is 1. The zero-order valence-corrected chi connectivity index (χ0v) is 15.9. The molecule has 6 nitrogen and oxygen atoms in total. The van der Waals surface area contributed by atoms with Gasteiger partial charge < -0.3 is 14.8 Å². The summed E-state index contributed by atoms with van der Waals surface area (Å²) >= 11 is 0. The Morgan fingerprint density at radius 3 is 3.04 bits per heavy atom. The van der Waals surface area contributed by atoms with Crippen molar-refractivity contribution in [2.75, 3.05) is 25.1 Å². The number of hydrogen-bond acceptors (Lipinski definition) is 5. The second-order valence-corrected chi connectivity index (χ2v) is 7.06. The van der Waals surface area contributed by atoms with E-state index in [9.17, 15) is 4.79 Å². The second-order valence-electron chi connectivity index (χ2n) is 7.06. The predicted octanol–water partition coefficient (Wildman–Crippen LogP) is 4.00. The molecule has 1 aromatic carbocycles. The Bertz CT molecular complexity index is 984. The lowest BCUT2D eigenvalue weighted by atomic mass is 10.0. The van der Waals surface area contributed by atoms with Gasteiger partial charge in [0.25, 0.3) is 5.91 Å². The molecule has 1 fully saturated rings. The van der Waals surface area contributed by atoms with Crippen LogP contribution in [-0.4, -0.2) is 35.7 Å². The fourth-order valence-corrected chi connectivity index (χ4v) is 3.34. The van der Waals surface area contributed by atoms with Crippen LogP contribution in [0.3, 0.4) is 0 Å². The van der Waals surface area contributed by atoms with Gasteiger partial charge in [-0.1, -0.05) is 6.07 Å². The standard InChI is InChI=1S/C22H23N3O3/c1-15-4-2-6-20(24-15)21(26)25-18-7-8-19-17(12-18)9-10-23-22(19)28-14-16-5-3-11-27-13-16/h2,4,6-10,12,16H,3,5,11,13-14H2,1H3,(H,25,26). The largest absolute Gasteiger partial charge is 0.477 e. The highest BCUT2D eigenvalue weighted by atomic mass is 16.5. The van der Waals surface area contributed by atoms with E-state index in [1.165, 1.54) is 0 Å². The number of ether oxygens (including phenoxy) is 2. The van der Waals surface area contributed by atoms with E-state index in [2.05, 4.69) is 15.3 Å². The molecule has 1 unspecified atom stereocenters. The number of aromatic nitrogens is 2. The highest BCUT2D eigenvalue weighted by molar-refractivity contribution is 6.04. The maximum atomic E-state index is 12.4. The van der Waals surface area contributed by atoms with E-state index < -0.39 is 0 Å². The van der Waals surface area contributed by atoms with E-state index in [0.29, 0.717) is 29.8 Å². The van der Waals surface area contributed by atoms with Gasteiger partial charge in [0.05, 0.1) is 13.2 Å². The van der Waals surface area contributed by atoms with Crippen LogP contribution in [0.4, 0.5) is 5.69 Å². The summed E-state index contributed by atoms with van der Waals surface area (Å²) in [5.41, 5.74) is 1.91. The van der Waals surface area contributed by atoms with Crippen LogP contribution >= 0.6 is 0 Å². The van der Waals surface area contributed by atoms with E-state index in [0.717, 1.165) is 42.5 Å². The smallest absolute Gasteiger partial charge is 0.274 e. The van der Waals surface area contributed by atoms with E-state index in [4.69, 9.17) is 9.47 Å². The lowest BCUT2D eigenvalue weighted by molar-refractivity contribution is 0.0347. The summed E-state index contributed by atoms with van der Waals surface area (Å²) in [5, 5.41) is 4.78. The quantitative estimate of drug-likeness (QED) is 0.728. The highest BCUT2D eigenvalue weighted by Gasteiger charge is 2.16. The number of rotatable bonds is 5. The van der Waals surface area contributed by atoms with Crippen molar-refractivity contribution in [2.45, 2.75) is 19.8 Å². The van der Waals surface area contributed by atoms with Gasteiger partial charge in [-0.05, 0) is 61.5 Å². The first-order valence-corrected chi connectivity index (χ1v) is 9.53. The molecule has 3 heterocycles. The third kappa shape index (κ3) is 4.28. The normalized spacial score (nSPS) is 16.7. The van der Waals surface area contributed by atoms with Crippen molar-refractivity contribution in [1.29, 1.82) is 0 Å². The molecule has 1 aliphatic rings. The molecule has 3 aromatic rings. The van der Waals surface area contributed by atoms with E-state index in [1.54, 1.807) is 12.3 Å². The SMILES string of the molecule is Cc1cccc(C(=O)Nc2ccc3c(OCC4CCCOC4)nccc3c2)n1. The van der Waals surface area contributed by atoms with Gasteiger partial charge in [-0.25, -0.2) is 9.97 Å². The number of hydrogen-bond donors (Lipinski definition) is 1. The Balaban J connectivity index is 1.49. The van der Waals surface area contributed by atoms with Crippen molar-refractivity contribution in [3.63, 3.8) is 0 Å². The van der Waals surface area contributed by atoms with Crippen LogP contribution in [-0.2, 0) is 4.74 Å². The maximum absolute atomic E-state index is 12.4. The van der Waals surface area contributed by atoms with Crippen molar-refractivity contribution in [3.8, 4) is 5.88 Å². The number of carbonyl (C=O) groups excluding carboxylic acids is 1. The molecule has 1 N–H and O–H groups in total. The topological polar surface area (TPSA) is 73.3 Å². The Morgan fingerprint density at radius 1 is 1.29 bits per heavy atom. The molecule has 0 aliphatic carbocycles. The van der Waals surface area contributed by atoms with E-state index in [1.807, 2.05) is 43.3 Å². The molecule has 0 radical (unpaired) electrons. The Morgan fingerprint density at radius 2 is 2.21 bits per heavy atom. The van der Waals surface area contributed by atoms with Crippen molar-refractivity contribution in [2.24, 2.45) is 5.92 Å². The summed E-state index contributed by atoms with van der Waals surface area (Å²) in [6.45, 7) is 4.05. The first-order valence-electron chi connectivity index (χ1n) is 9.53. The summed E-state index contributed by atoms with van der Waals surface area (Å²) in [6.07, 6.45) is 3.92. The number of anilines is 1. The van der Waals surface area contributed by atoms with Crippen molar-refractivity contribution in [1.82, 2.24) is 9.97 Å². The minimum absolute atomic E-state index is 0.231. The first-order chi connectivity index (χ1) is 13.7. The second kappa shape index (κ2) is 8.35. The monoisotopic (exact) mass is 377 g/mol. The molecule has 1 saturated heterocycles. The van der Waals surface area contributed by atoms with Crippen LogP contribution in [0.5, 0.6) is 5.88 Å². The molecular weight excluding hydrogens is 354 g/mol. The lowest BCUT2D eigenvalue weighted by Crippen LogP contribution is -2.23. The summed E-state index contributed by atoms with van der Waals surface area (Å²) in [5.74, 6) is 0.790. The van der Waals surface area contributed by atoms with Gasteiger partial charge in [0.1, 0.15) is 5.69 Å². The Kier molecular flexibility index (Phi) is 5.48. The summed E-state index contributed by atoms with van der Waals surface area (Å²) in [6, 6.07) is 13.0. The molecule has 1 aliphatic heterocycles. The van der Waals surface area contributed by atoms with Crippen LogP contribution in [0.25, 0.3) is 10.8 Å². The molecule has 6 heteroatoms. The molecule has 144 valence electrons. The van der Waals surface area contributed by atoms with Crippen LogP contribution in [0.15, 0.2) is 48.7 Å². The molecule has 4 rings (SSSR count). The predicted molar refractivity (Wildman–Crippen MR) is 108 cm³/mol. The molecule has 1 atom stereocenters. The van der Waals surface area contributed by atoms with E-state index in [-0.39, 0.29) is 5.91 Å². The number of carbonyl (C=O) groups is 1. The third-order valence-electron chi connectivity index (χ3n) is 4.82. The zero-order chi connectivity index (χ0) is 19.3. The molecule has 1 amide bonds. The van der Waals surface area contributed by atoms with Gasteiger partial charge in [0, 0.05) is 35.5 Å². The fraction of sp³-hybridized carbons (Fsp3) is 0.318. The van der Waals surface area contributed by atoms with Gasteiger partial charge >= 0.3 is 0 Å². The molecule has 0 spiro atoms. The summed E-state index contributed by atoms with van der Waals surface area (Å²) in [7, 11) is 0. The molecule has 0 bridgehead atoms. The van der Waals surface area contributed by atoms with Crippen molar-refractivity contribution >= 4 is 22.4 Å². The average Bonchev–Trinajstić information content (AvgIpc) is 2.72. The average molecular weight is 377 g/mol. The summed E-state index contributed by atoms with van der Waals surface area (Å²) in [4.78, 5) is 21.1. The van der Waals surface area contributed by atoms with Gasteiger partial charge in [-0.15, -0.1) is 0 Å². The van der Waals surface area contributed by atoms with Crippen molar-refractivity contribution < 1.29 is 14.3 Å². The van der Waals surface area contributed by atoms with Gasteiger partial charge in [-0.2, -0.15) is 0 Å². The zero-order valence-electron chi connectivity index (χ0n) is 15.9. The molecule has 0 saturated carbocycles. The maximum Gasteiger partial charge on any atom is 0.274 e. The van der Waals surface area contributed by atoms with Crippen molar-refractivity contribution in [3.05, 3.63) is 60.0 Å². The third-order valence-corrected chi connectivity index (χ3v) is 4.82. The van der Waals surface area contributed by atoms with E-state index >= 15 is 0 Å². The number of pyridine rings is 2. The number of nitrogens with zero attached hydrogens (tertiary/aromatic N) is 2. The number of benzene rings is 1. The first kappa shape index (κ1) is 18.4. The van der Waals surface area contributed by atoms with Crippen LogP contribution in [0.2, 0.25) is 0 Å². The summed E-state index contributed by atoms with van der Waals surface area (Å²) < 4.78 is 11.5. The van der Waals surface area contributed by atoms with Crippen LogP contribution < -0.4 is 10.1 Å². The van der Waals surface area contributed by atoms with Crippen LogP contribution in [0.1, 0.15) is 29.0 Å². The molecular formula is C22H23N3O3. The highest BCUT2D eigenvalue weighted by Crippen LogP contribution is 2.27. The van der Waals surface area contributed by atoms with Crippen LogP contribution in [0, 0.1) is 12.8 Å². The number of nitrogens with one attached hydrogen (secondary N) is 1. The minimum Gasteiger partial charge on any atom is -0.477 e. The lowest BCUT2D eigenvalue weighted by Gasteiger charge is -2.22. The van der Waals surface area contributed by atoms with Gasteiger partial charge in [-0.3, -0.25) is 4.79 Å². The van der Waals surface area contributed by atoms with Gasteiger partial charge in [0.2, 0.25) is 5.88 Å². The molecule has 2 aromatic heterocycles. The van der Waals surface area contributed by atoms with Gasteiger partial charge in [0.15, 0.2) is 0 Å².